The molecule has 0 spiro atoms. The van der Waals surface area contributed by atoms with Gasteiger partial charge in [-0.2, -0.15) is 13.2 Å². The minimum Gasteiger partial charge on any atom is -0.310 e. The van der Waals surface area contributed by atoms with Crippen LogP contribution in [0, 0.1) is 41.2 Å². The summed E-state index contributed by atoms with van der Waals surface area (Å²) in [4.78, 5) is 4.20. The van der Waals surface area contributed by atoms with Crippen molar-refractivity contribution in [2.45, 2.75) is 40.8 Å². The van der Waals surface area contributed by atoms with Crippen molar-refractivity contribution in [3.8, 4) is 55.9 Å². The summed E-state index contributed by atoms with van der Waals surface area (Å²) in [5.41, 5.74) is 17.4. The van der Waals surface area contributed by atoms with Crippen molar-refractivity contribution in [3.05, 3.63) is 221 Å². The van der Waals surface area contributed by atoms with Crippen LogP contribution in [-0.2, 0) is 6.18 Å². The first-order valence-corrected chi connectivity index (χ1v) is 22.4. The molecule has 11 rings (SSSR count). The summed E-state index contributed by atoms with van der Waals surface area (Å²) in [6.07, 6.45) is -4.53. The third kappa shape index (κ3) is 7.15. The fraction of sp³-hybridized carbons (Fsp3) is 0.0984. The van der Waals surface area contributed by atoms with Crippen LogP contribution in [-0.4, -0.2) is 9.13 Å². The third-order valence-electron chi connectivity index (χ3n) is 13.1. The van der Waals surface area contributed by atoms with Crippen LogP contribution in [0.3, 0.4) is 0 Å². The van der Waals surface area contributed by atoms with Gasteiger partial charge in [-0.1, -0.05) is 131 Å². The molecular weight excluding hydrogens is 832 g/mol. The van der Waals surface area contributed by atoms with Crippen molar-refractivity contribution in [3.63, 3.8) is 0 Å². The molecule has 0 N–H and O–H groups in total. The average Bonchev–Trinajstić information content (AvgIpc) is 3.82. The lowest BCUT2D eigenvalue weighted by Gasteiger charge is -2.21. The van der Waals surface area contributed by atoms with E-state index in [0.29, 0.717) is 33.5 Å². The van der Waals surface area contributed by atoms with Crippen LogP contribution in [0.4, 0.5) is 18.9 Å². The topological polar surface area (TPSA) is 14.2 Å². The summed E-state index contributed by atoms with van der Waals surface area (Å²) in [7, 11) is 0. The molecule has 2 aromatic heterocycles. The average molecular weight is 876 g/mol. The number of alkyl halides is 3. The summed E-state index contributed by atoms with van der Waals surface area (Å²) in [6, 6.07) is 59.0. The number of rotatable bonds is 6. The molecule has 0 bridgehead atoms. The van der Waals surface area contributed by atoms with Crippen LogP contribution >= 0.6 is 0 Å². The van der Waals surface area contributed by atoms with Gasteiger partial charge in [0.15, 0.2) is 5.69 Å². The van der Waals surface area contributed by atoms with Gasteiger partial charge in [-0.25, -0.2) is 4.85 Å². The quantitative estimate of drug-likeness (QED) is 0.148. The number of benzene rings is 9. The second-order valence-corrected chi connectivity index (χ2v) is 18.0. The molecule has 0 radical (unpaired) electrons. The van der Waals surface area contributed by atoms with Gasteiger partial charge in [-0.15, -0.1) is 0 Å². The van der Waals surface area contributed by atoms with E-state index in [1.807, 2.05) is 42.5 Å². The first-order chi connectivity index (χ1) is 32.3. The van der Waals surface area contributed by atoms with Crippen LogP contribution in [0.5, 0.6) is 0 Å². The number of fused-ring (bicyclic) bond motifs is 6. The molecule has 0 aliphatic heterocycles. The minimum atomic E-state index is -4.53. The van der Waals surface area contributed by atoms with Gasteiger partial charge in [0.05, 0.1) is 39.9 Å². The van der Waals surface area contributed by atoms with E-state index in [4.69, 9.17) is 6.57 Å². The largest absolute Gasteiger partial charge is 0.416 e. The Kier molecular flexibility index (Phi) is 9.79. The Balaban J connectivity index is 1.22. The van der Waals surface area contributed by atoms with E-state index in [9.17, 15) is 13.2 Å². The lowest BCUT2D eigenvalue weighted by Crippen LogP contribution is -2.05. The molecular formula is C61H44F3N3. The summed E-state index contributed by atoms with van der Waals surface area (Å²) >= 11 is 0. The second-order valence-electron chi connectivity index (χ2n) is 18.0. The maximum atomic E-state index is 14.4. The van der Waals surface area contributed by atoms with Gasteiger partial charge in [-0.05, 0) is 146 Å². The van der Waals surface area contributed by atoms with E-state index >= 15 is 0 Å². The summed E-state index contributed by atoms with van der Waals surface area (Å²) in [6.45, 7) is 18.9. The Morgan fingerprint density at radius 3 is 1.36 bits per heavy atom. The normalized spacial score (nSPS) is 11.9. The smallest absolute Gasteiger partial charge is 0.310 e. The monoisotopic (exact) mass is 875 g/mol. The standard InChI is InChI=1S/C61H44F3N3/c1-36-24-37(2)27-44(26-36)41-18-21-56-50(33-41)48-12-7-9-15-54(48)66(56)58-23-20-43(46-30-40(5)31-47(32-46)61(62,63)64)35-52(58)60-53(65-6)14-11-17-59(60)67-55-16-10-8-13-49(55)51-34-42(19-22-57(51)67)45-28-38(3)25-39(4)29-45/h7-35H,1-5H3. The number of aromatic nitrogens is 2. The van der Waals surface area contributed by atoms with Crippen LogP contribution in [0.2, 0.25) is 0 Å². The molecule has 324 valence electrons. The van der Waals surface area contributed by atoms with Gasteiger partial charge in [-0.3, -0.25) is 0 Å². The maximum Gasteiger partial charge on any atom is 0.416 e. The van der Waals surface area contributed by atoms with E-state index in [-0.39, 0.29) is 0 Å². The zero-order valence-electron chi connectivity index (χ0n) is 37.7. The predicted molar refractivity (Wildman–Crippen MR) is 272 cm³/mol. The molecule has 3 nitrogen and oxygen atoms in total. The molecule has 6 heteroatoms. The van der Waals surface area contributed by atoms with Gasteiger partial charge in [0.25, 0.3) is 0 Å². The Labute approximate surface area is 387 Å². The van der Waals surface area contributed by atoms with E-state index in [0.717, 1.165) is 77.2 Å². The maximum absolute atomic E-state index is 14.4. The van der Waals surface area contributed by atoms with Gasteiger partial charge >= 0.3 is 6.18 Å². The van der Waals surface area contributed by atoms with E-state index in [1.165, 1.54) is 34.4 Å². The molecule has 0 atom stereocenters. The Hall–Kier alpha value is -8.14. The molecule has 0 aliphatic carbocycles. The number of para-hydroxylation sites is 2. The number of nitrogens with zero attached hydrogens (tertiary/aromatic N) is 3. The molecule has 11 aromatic rings. The molecule has 0 aliphatic rings. The first kappa shape index (κ1) is 41.6. The molecule has 0 saturated carbocycles. The number of aryl methyl sites for hydroxylation is 5. The Morgan fingerprint density at radius 1 is 0.388 bits per heavy atom. The summed E-state index contributed by atoms with van der Waals surface area (Å²) < 4.78 is 47.7. The van der Waals surface area contributed by atoms with E-state index in [1.54, 1.807) is 13.0 Å². The van der Waals surface area contributed by atoms with Gasteiger partial charge in [0.2, 0.25) is 0 Å². The van der Waals surface area contributed by atoms with Crippen molar-refractivity contribution in [2.75, 3.05) is 0 Å². The van der Waals surface area contributed by atoms with Gasteiger partial charge in [0.1, 0.15) is 0 Å². The molecule has 67 heavy (non-hydrogen) atoms. The van der Waals surface area contributed by atoms with Crippen molar-refractivity contribution in [1.82, 2.24) is 9.13 Å². The predicted octanol–water partition coefficient (Wildman–Crippen LogP) is 17.7. The van der Waals surface area contributed by atoms with Crippen molar-refractivity contribution >= 4 is 49.3 Å². The summed E-state index contributed by atoms with van der Waals surface area (Å²) in [5, 5.41) is 4.27. The van der Waals surface area contributed by atoms with E-state index < -0.39 is 11.7 Å². The zero-order valence-corrected chi connectivity index (χ0v) is 37.7. The highest BCUT2D eigenvalue weighted by Crippen LogP contribution is 2.47. The highest BCUT2D eigenvalue weighted by atomic mass is 19.4. The third-order valence-corrected chi connectivity index (χ3v) is 13.1. The summed E-state index contributed by atoms with van der Waals surface area (Å²) in [5.74, 6) is 0. The lowest BCUT2D eigenvalue weighted by atomic mass is 9.93. The second kappa shape index (κ2) is 15.8. The Bertz CT molecular complexity index is 3830. The van der Waals surface area contributed by atoms with E-state index in [2.05, 4.69) is 157 Å². The number of hydrogen-bond acceptors (Lipinski definition) is 0. The molecule has 9 aromatic carbocycles. The number of hydrogen-bond donors (Lipinski definition) is 0. The van der Waals surface area contributed by atoms with Gasteiger partial charge in [0, 0.05) is 32.8 Å². The van der Waals surface area contributed by atoms with Crippen molar-refractivity contribution < 1.29 is 13.2 Å². The van der Waals surface area contributed by atoms with Gasteiger partial charge < -0.3 is 9.13 Å². The SMILES string of the molecule is [C-]#[N+]c1cccc(-n2c3ccccc3c3cc(-c4cc(C)cc(C)c4)ccc32)c1-c1cc(-c2cc(C)cc(C(F)(F)F)c2)ccc1-n1c2ccccc2c2cc(-c3cc(C)cc(C)c3)ccc21. The fourth-order valence-corrected chi connectivity index (χ4v) is 10.4. The minimum absolute atomic E-state index is 0.423. The van der Waals surface area contributed by atoms with Crippen LogP contribution in [0.15, 0.2) is 176 Å². The van der Waals surface area contributed by atoms with Crippen LogP contribution in [0.25, 0.3) is 104 Å². The molecule has 2 heterocycles. The van der Waals surface area contributed by atoms with Crippen molar-refractivity contribution in [1.29, 1.82) is 0 Å². The molecule has 0 fully saturated rings. The highest BCUT2D eigenvalue weighted by Gasteiger charge is 2.31. The zero-order chi connectivity index (χ0) is 46.3. The first-order valence-electron chi connectivity index (χ1n) is 22.4. The lowest BCUT2D eigenvalue weighted by molar-refractivity contribution is -0.137. The Morgan fingerprint density at radius 2 is 0.836 bits per heavy atom. The fourth-order valence-electron chi connectivity index (χ4n) is 10.4. The highest BCUT2D eigenvalue weighted by molar-refractivity contribution is 6.13. The molecule has 0 unspecified atom stereocenters. The molecule has 0 saturated heterocycles. The number of halogens is 3. The van der Waals surface area contributed by atoms with Crippen molar-refractivity contribution in [2.24, 2.45) is 0 Å². The van der Waals surface area contributed by atoms with Crippen LogP contribution < -0.4 is 0 Å². The molecule has 0 amide bonds. The van der Waals surface area contributed by atoms with Crippen LogP contribution in [0.1, 0.15) is 33.4 Å².